The van der Waals surface area contributed by atoms with Crippen molar-refractivity contribution in [3.8, 4) is 0 Å². The Morgan fingerprint density at radius 2 is 2.17 bits per heavy atom. The van der Waals surface area contributed by atoms with E-state index < -0.39 is 0 Å². The molecule has 152 valence electrons. The lowest BCUT2D eigenvalue weighted by Crippen LogP contribution is -2.24. The van der Waals surface area contributed by atoms with Gasteiger partial charge < -0.3 is 9.88 Å². The number of allylic oxidation sites excluding steroid dienone is 1. The van der Waals surface area contributed by atoms with E-state index in [2.05, 4.69) is 29.0 Å². The first kappa shape index (κ1) is 18.8. The first-order valence-corrected chi connectivity index (χ1v) is 11.0. The number of imidazole rings is 1. The molecular weight excluding hydrogens is 394 g/mol. The number of aromatic nitrogens is 4. The summed E-state index contributed by atoms with van der Waals surface area (Å²) in [5.74, 6) is 0.561. The summed E-state index contributed by atoms with van der Waals surface area (Å²) in [6.45, 7) is 4.99. The van der Waals surface area contributed by atoms with Crippen LogP contribution in [-0.4, -0.2) is 19.1 Å². The van der Waals surface area contributed by atoms with E-state index in [1.165, 1.54) is 16.9 Å². The second kappa shape index (κ2) is 7.91. The van der Waals surface area contributed by atoms with Gasteiger partial charge in [0.05, 0.1) is 11.7 Å². The normalized spacial score (nSPS) is 13.3. The molecule has 1 N–H and O–H groups in total. The highest BCUT2D eigenvalue weighted by Gasteiger charge is 2.21. The van der Waals surface area contributed by atoms with Gasteiger partial charge in [0.1, 0.15) is 4.83 Å². The summed E-state index contributed by atoms with van der Waals surface area (Å²) in [4.78, 5) is 24.5. The Hall–Kier alpha value is -3.19. The predicted octanol–water partition coefficient (Wildman–Crippen LogP) is 4.51. The number of fused-ring (bicyclic) bond motifs is 3. The van der Waals surface area contributed by atoms with Crippen molar-refractivity contribution >= 4 is 33.2 Å². The van der Waals surface area contributed by atoms with Gasteiger partial charge in [-0.1, -0.05) is 18.2 Å². The topological polar surface area (TPSA) is 64.7 Å². The summed E-state index contributed by atoms with van der Waals surface area (Å²) in [7, 11) is 0. The quantitative estimate of drug-likeness (QED) is 0.469. The molecule has 1 aliphatic rings. The standard InChI is InChI=1S/C23H23N5OS/c1-2-11-28-22(29)20-18-8-3-4-9-19(18)30-21(20)26-23(28)25-17-7-5-6-16(13-17)14-27-12-10-24-15-27/h2,5-7,10,12-13,15H,1,3-4,8-9,11,14H2,(H,25,26). The second-order valence-electron chi connectivity index (χ2n) is 7.59. The number of nitrogens with zero attached hydrogens (tertiary/aromatic N) is 4. The molecule has 1 aliphatic carbocycles. The summed E-state index contributed by atoms with van der Waals surface area (Å²) >= 11 is 1.67. The number of rotatable bonds is 6. The molecule has 4 aromatic rings. The highest BCUT2D eigenvalue weighted by molar-refractivity contribution is 7.18. The summed E-state index contributed by atoms with van der Waals surface area (Å²) < 4.78 is 3.71. The number of benzene rings is 1. The fourth-order valence-corrected chi connectivity index (χ4v) is 5.35. The summed E-state index contributed by atoms with van der Waals surface area (Å²) in [6, 6.07) is 8.15. The van der Waals surface area contributed by atoms with Crippen molar-refractivity contribution in [2.75, 3.05) is 5.32 Å². The van der Waals surface area contributed by atoms with Crippen molar-refractivity contribution in [2.24, 2.45) is 0 Å². The lowest BCUT2D eigenvalue weighted by Gasteiger charge is -2.14. The van der Waals surface area contributed by atoms with Crippen LogP contribution in [0.1, 0.15) is 28.8 Å². The van der Waals surface area contributed by atoms with Crippen LogP contribution in [0.25, 0.3) is 10.2 Å². The van der Waals surface area contributed by atoms with Crippen LogP contribution >= 0.6 is 11.3 Å². The molecule has 0 saturated carbocycles. The van der Waals surface area contributed by atoms with E-state index in [9.17, 15) is 4.79 Å². The predicted molar refractivity (Wildman–Crippen MR) is 122 cm³/mol. The average molecular weight is 418 g/mol. The SMILES string of the molecule is C=CCn1c(Nc2cccc(Cn3ccnc3)c2)nc2sc3c(c2c1=O)CCCC3. The van der Waals surface area contributed by atoms with E-state index >= 15 is 0 Å². The van der Waals surface area contributed by atoms with Gasteiger partial charge in [-0.25, -0.2) is 9.97 Å². The molecule has 3 heterocycles. The van der Waals surface area contributed by atoms with Crippen molar-refractivity contribution in [1.82, 2.24) is 19.1 Å². The Kier molecular flexibility index (Phi) is 4.96. The number of anilines is 2. The van der Waals surface area contributed by atoms with Crippen molar-refractivity contribution in [3.05, 3.63) is 82.0 Å². The maximum atomic E-state index is 13.4. The lowest BCUT2D eigenvalue weighted by atomic mass is 9.97. The molecule has 5 rings (SSSR count). The lowest BCUT2D eigenvalue weighted by molar-refractivity contribution is 0.698. The van der Waals surface area contributed by atoms with E-state index in [4.69, 9.17) is 4.98 Å². The molecule has 0 radical (unpaired) electrons. The zero-order valence-corrected chi connectivity index (χ0v) is 17.5. The Morgan fingerprint density at radius 1 is 1.27 bits per heavy atom. The summed E-state index contributed by atoms with van der Waals surface area (Å²) in [6.07, 6.45) is 11.6. The third-order valence-corrected chi connectivity index (χ3v) is 6.68. The highest BCUT2D eigenvalue weighted by atomic mass is 32.1. The van der Waals surface area contributed by atoms with Gasteiger partial charge in [0, 0.05) is 36.0 Å². The van der Waals surface area contributed by atoms with Gasteiger partial charge in [0.25, 0.3) is 5.56 Å². The van der Waals surface area contributed by atoms with E-state index in [-0.39, 0.29) is 5.56 Å². The Bertz CT molecular complexity index is 1270. The Morgan fingerprint density at radius 3 is 3.00 bits per heavy atom. The number of hydrogen-bond donors (Lipinski definition) is 1. The molecule has 7 heteroatoms. The van der Waals surface area contributed by atoms with Crippen molar-refractivity contribution in [3.63, 3.8) is 0 Å². The van der Waals surface area contributed by atoms with Gasteiger partial charge in [0.15, 0.2) is 0 Å². The highest BCUT2D eigenvalue weighted by Crippen LogP contribution is 2.34. The van der Waals surface area contributed by atoms with Crippen LogP contribution < -0.4 is 10.9 Å². The second-order valence-corrected chi connectivity index (χ2v) is 8.67. The Balaban J connectivity index is 1.54. The largest absolute Gasteiger partial charge is 0.333 e. The minimum Gasteiger partial charge on any atom is -0.333 e. The first-order chi connectivity index (χ1) is 14.7. The average Bonchev–Trinajstić information content (AvgIpc) is 3.38. The van der Waals surface area contributed by atoms with E-state index in [1.54, 1.807) is 34.5 Å². The number of hydrogen-bond acceptors (Lipinski definition) is 5. The van der Waals surface area contributed by atoms with Crippen LogP contribution in [-0.2, 0) is 25.9 Å². The maximum Gasteiger partial charge on any atom is 0.264 e. The first-order valence-electron chi connectivity index (χ1n) is 10.2. The van der Waals surface area contributed by atoms with Gasteiger partial charge in [-0.05, 0) is 48.9 Å². The van der Waals surface area contributed by atoms with Crippen LogP contribution in [0.15, 0.2) is 60.4 Å². The molecule has 0 aliphatic heterocycles. The minimum atomic E-state index is 0.0244. The smallest absolute Gasteiger partial charge is 0.264 e. The molecule has 0 amide bonds. The maximum absolute atomic E-state index is 13.4. The number of thiophene rings is 1. The molecule has 3 aromatic heterocycles. The molecular formula is C23H23N5OS. The molecule has 0 spiro atoms. The molecule has 0 atom stereocenters. The minimum absolute atomic E-state index is 0.0244. The molecule has 0 unspecified atom stereocenters. The fourth-order valence-electron chi connectivity index (χ4n) is 4.10. The van der Waals surface area contributed by atoms with Crippen LogP contribution in [0.2, 0.25) is 0 Å². The molecule has 0 bridgehead atoms. The van der Waals surface area contributed by atoms with Crippen LogP contribution in [0.3, 0.4) is 0 Å². The monoisotopic (exact) mass is 417 g/mol. The molecule has 1 aromatic carbocycles. The van der Waals surface area contributed by atoms with Crippen molar-refractivity contribution < 1.29 is 0 Å². The van der Waals surface area contributed by atoms with Crippen LogP contribution in [0, 0.1) is 0 Å². The molecule has 0 saturated heterocycles. The zero-order valence-electron chi connectivity index (χ0n) is 16.7. The fraction of sp³-hybridized carbons (Fsp3) is 0.261. The third kappa shape index (κ3) is 3.45. The van der Waals surface area contributed by atoms with Gasteiger partial charge >= 0.3 is 0 Å². The van der Waals surface area contributed by atoms with Gasteiger partial charge in [-0.15, -0.1) is 17.9 Å². The number of aryl methyl sites for hydroxylation is 2. The third-order valence-electron chi connectivity index (χ3n) is 5.49. The van der Waals surface area contributed by atoms with Crippen molar-refractivity contribution in [2.45, 2.75) is 38.8 Å². The van der Waals surface area contributed by atoms with Gasteiger partial charge in [-0.3, -0.25) is 9.36 Å². The van der Waals surface area contributed by atoms with Crippen molar-refractivity contribution in [1.29, 1.82) is 0 Å². The molecule has 6 nitrogen and oxygen atoms in total. The summed E-state index contributed by atoms with van der Waals surface area (Å²) in [5, 5.41) is 4.18. The zero-order chi connectivity index (χ0) is 20.5. The van der Waals surface area contributed by atoms with Gasteiger partial charge in [0.2, 0.25) is 5.95 Å². The van der Waals surface area contributed by atoms with Gasteiger partial charge in [-0.2, -0.15) is 0 Å². The molecule has 0 fully saturated rings. The number of nitrogens with one attached hydrogen (secondary N) is 1. The Labute approximate surface area is 178 Å². The van der Waals surface area contributed by atoms with Crippen LogP contribution in [0.5, 0.6) is 0 Å². The van der Waals surface area contributed by atoms with Crippen LogP contribution in [0.4, 0.5) is 11.6 Å². The van der Waals surface area contributed by atoms with E-state index in [0.29, 0.717) is 12.5 Å². The van der Waals surface area contributed by atoms with E-state index in [0.717, 1.165) is 47.3 Å². The summed E-state index contributed by atoms with van der Waals surface area (Å²) in [5.41, 5.74) is 3.28. The van der Waals surface area contributed by atoms with E-state index in [1.807, 2.05) is 22.9 Å². The molecule has 30 heavy (non-hydrogen) atoms.